The molecule has 0 radical (unpaired) electrons. The van der Waals surface area contributed by atoms with Gasteiger partial charge in [0.1, 0.15) is 0 Å². The highest BCUT2D eigenvalue weighted by atomic mass is 35.5. The van der Waals surface area contributed by atoms with Gasteiger partial charge in [-0.15, -0.1) is 11.3 Å². The Kier molecular flexibility index (Phi) is 4.30. The quantitative estimate of drug-likeness (QED) is 0.795. The van der Waals surface area contributed by atoms with Crippen LogP contribution in [0.25, 0.3) is 0 Å². The number of carbonyl (C=O) groups is 1. The van der Waals surface area contributed by atoms with Gasteiger partial charge in [-0.25, -0.2) is 0 Å². The summed E-state index contributed by atoms with van der Waals surface area (Å²) in [5.41, 5.74) is -0.457. The van der Waals surface area contributed by atoms with Crippen LogP contribution in [0.3, 0.4) is 0 Å². The van der Waals surface area contributed by atoms with Crippen molar-refractivity contribution in [2.24, 2.45) is 0 Å². The van der Waals surface area contributed by atoms with E-state index >= 15 is 0 Å². The highest BCUT2D eigenvalue weighted by molar-refractivity contribution is 7.12. The maximum absolute atomic E-state index is 12.8. The molecule has 0 saturated heterocycles. The highest BCUT2D eigenvalue weighted by Crippen LogP contribution is 2.36. The van der Waals surface area contributed by atoms with Crippen molar-refractivity contribution in [3.8, 4) is 0 Å². The lowest BCUT2D eigenvalue weighted by atomic mass is 10.1. The number of benzene rings is 1. The second-order valence-electron chi connectivity index (χ2n) is 4.47. The molecule has 0 spiro atoms. The average molecular weight is 334 g/mol. The second kappa shape index (κ2) is 5.69. The predicted octanol–water partition coefficient (Wildman–Crippen LogP) is 5.29. The summed E-state index contributed by atoms with van der Waals surface area (Å²) in [4.78, 5) is 13.9. The number of halogens is 4. The number of nitrogens with one attached hydrogen (secondary N) is 1. The summed E-state index contributed by atoms with van der Waals surface area (Å²) < 4.78 is 38.3. The number of hydrogen-bond donors (Lipinski definition) is 1. The Morgan fingerprint density at radius 2 is 1.90 bits per heavy atom. The molecule has 2 nitrogen and oxygen atoms in total. The molecule has 7 heteroatoms. The van der Waals surface area contributed by atoms with Crippen LogP contribution in [0.1, 0.15) is 25.7 Å². The van der Waals surface area contributed by atoms with E-state index in [4.69, 9.17) is 11.6 Å². The summed E-state index contributed by atoms with van der Waals surface area (Å²) in [7, 11) is 0. The van der Waals surface area contributed by atoms with Crippen LogP contribution in [0.15, 0.2) is 24.3 Å². The van der Waals surface area contributed by atoms with Crippen LogP contribution in [0.4, 0.5) is 18.9 Å². The molecule has 1 amide bonds. The lowest BCUT2D eigenvalue weighted by Crippen LogP contribution is -2.13. The lowest BCUT2D eigenvalue weighted by Gasteiger charge is -2.11. The number of rotatable bonds is 2. The van der Waals surface area contributed by atoms with Crippen molar-refractivity contribution in [3.63, 3.8) is 0 Å². The molecule has 0 unspecified atom stereocenters. The van der Waals surface area contributed by atoms with E-state index in [1.807, 2.05) is 6.92 Å². The van der Waals surface area contributed by atoms with Crippen LogP contribution in [0.2, 0.25) is 5.02 Å². The summed E-state index contributed by atoms with van der Waals surface area (Å²) in [5, 5.41) is 2.06. The van der Waals surface area contributed by atoms with E-state index in [1.54, 1.807) is 13.0 Å². The fraction of sp³-hybridized carbons (Fsp3) is 0.214. The van der Waals surface area contributed by atoms with Gasteiger partial charge in [-0.3, -0.25) is 4.79 Å². The number of hydrogen-bond acceptors (Lipinski definition) is 2. The fourth-order valence-electron chi connectivity index (χ4n) is 1.87. The van der Waals surface area contributed by atoms with Gasteiger partial charge in [0.25, 0.3) is 5.91 Å². The van der Waals surface area contributed by atoms with Crippen molar-refractivity contribution in [2.45, 2.75) is 20.0 Å². The Balaban J connectivity index is 2.28. The van der Waals surface area contributed by atoms with Gasteiger partial charge in [0.15, 0.2) is 0 Å². The smallest absolute Gasteiger partial charge is 0.322 e. The third-order valence-corrected chi connectivity index (χ3v) is 4.11. The summed E-state index contributed by atoms with van der Waals surface area (Å²) >= 11 is 6.99. The van der Waals surface area contributed by atoms with E-state index < -0.39 is 22.7 Å². The van der Waals surface area contributed by atoms with Crippen molar-refractivity contribution < 1.29 is 18.0 Å². The molecule has 21 heavy (non-hydrogen) atoms. The molecule has 1 N–H and O–H groups in total. The Morgan fingerprint density at radius 1 is 1.24 bits per heavy atom. The van der Waals surface area contributed by atoms with E-state index in [2.05, 4.69) is 5.32 Å². The van der Waals surface area contributed by atoms with Gasteiger partial charge in [0, 0.05) is 15.4 Å². The first kappa shape index (κ1) is 15.9. The van der Waals surface area contributed by atoms with Crippen LogP contribution in [0, 0.1) is 13.8 Å². The highest BCUT2D eigenvalue weighted by Gasteiger charge is 2.33. The standard InChI is InChI=1S/C14H11ClF3NOS/c1-7-5-10(8(2)21-7)13(20)19-9-3-4-12(15)11(6-9)14(16,17)18/h3-6H,1-2H3,(H,19,20). The van der Waals surface area contributed by atoms with Gasteiger partial charge < -0.3 is 5.32 Å². The number of aryl methyl sites for hydroxylation is 2. The number of thiophene rings is 1. The van der Waals surface area contributed by atoms with Crippen molar-refractivity contribution in [1.82, 2.24) is 0 Å². The lowest BCUT2D eigenvalue weighted by molar-refractivity contribution is -0.137. The van der Waals surface area contributed by atoms with Crippen LogP contribution in [-0.4, -0.2) is 5.91 Å². The maximum Gasteiger partial charge on any atom is 0.417 e. The van der Waals surface area contributed by atoms with Crippen molar-refractivity contribution >= 4 is 34.5 Å². The van der Waals surface area contributed by atoms with Crippen LogP contribution in [-0.2, 0) is 6.18 Å². The summed E-state index contributed by atoms with van der Waals surface area (Å²) in [6.45, 7) is 3.65. The minimum absolute atomic E-state index is 0.0555. The normalized spacial score (nSPS) is 11.5. The molecule has 1 aromatic heterocycles. The molecule has 0 aliphatic rings. The molecule has 1 heterocycles. The Bertz CT molecular complexity index is 694. The average Bonchev–Trinajstić information content (AvgIpc) is 2.69. The van der Waals surface area contributed by atoms with Crippen LogP contribution >= 0.6 is 22.9 Å². The van der Waals surface area contributed by atoms with Gasteiger partial charge in [0.05, 0.1) is 16.1 Å². The molecule has 0 fully saturated rings. The molecule has 112 valence electrons. The van der Waals surface area contributed by atoms with Gasteiger partial charge >= 0.3 is 6.18 Å². The van der Waals surface area contributed by atoms with E-state index in [0.717, 1.165) is 21.9 Å². The van der Waals surface area contributed by atoms with Crippen LogP contribution < -0.4 is 5.32 Å². The fourth-order valence-corrected chi connectivity index (χ4v) is 3.02. The minimum atomic E-state index is -4.56. The van der Waals surface area contributed by atoms with Gasteiger partial charge in [-0.05, 0) is 38.1 Å². The zero-order valence-electron chi connectivity index (χ0n) is 11.1. The van der Waals surface area contributed by atoms with E-state index in [0.29, 0.717) is 5.56 Å². The Morgan fingerprint density at radius 3 is 2.43 bits per heavy atom. The van der Waals surface area contributed by atoms with Crippen molar-refractivity contribution in [3.05, 3.63) is 50.2 Å². The SMILES string of the molecule is Cc1cc(C(=O)Nc2ccc(Cl)c(C(F)(F)F)c2)c(C)s1. The van der Waals surface area contributed by atoms with Crippen molar-refractivity contribution in [2.75, 3.05) is 5.32 Å². The second-order valence-corrected chi connectivity index (χ2v) is 6.34. The molecule has 2 aromatic rings. The number of anilines is 1. The largest absolute Gasteiger partial charge is 0.417 e. The van der Waals surface area contributed by atoms with E-state index in [-0.39, 0.29) is 5.69 Å². The molecule has 2 rings (SSSR count). The van der Waals surface area contributed by atoms with Gasteiger partial charge in [0.2, 0.25) is 0 Å². The Hall–Kier alpha value is -1.53. The third kappa shape index (κ3) is 3.57. The monoisotopic (exact) mass is 333 g/mol. The van der Waals surface area contributed by atoms with E-state index in [9.17, 15) is 18.0 Å². The summed E-state index contributed by atoms with van der Waals surface area (Å²) in [6.07, 6.45) is -4.56. The zero-order chi connectivity index (χ0) is 15.8. The van der Waals surface area contributed by atoms with Gasteiger partial charge in [-0.2, -0.15) is 13.2 Å². The summed E-state index contributed by atoms with van der Waals surface area (Å²) in [6, 6.07) is 4.99. The van der Waals surface area contributed by atoms with Gasteiger partial charge in [-0.1, -0.05) is 11.6 Å². The number of carbonyl (C=O) groups excluding carboxylic acids is 1. The third-order valence-electron chi connectivity index (χ3n) is 2.82. The predicted molar refractivity (Wildman–Crippen MR) is 78.2 cm³/mol. The number of alkyl halides is 3. The topological polar surface area (TPSA) is 29.1 Å². The first-order valence-corrected chi connectivity index (χ1v) is 7.13. The minimum Gasteiger partial charge on any atom is -0.322 e. The maximum atomic E-state index is 12.8. The molecule has 0 bridgehead atoms. The van der Waals surface area contributed by atoms with E-state index in [1.165, 1.54) is 17.4 Å². The number of amides is 1. The molecule has 0 aliphatic carbocycles. The zero-order valence-corrected chi connectivity index (χ0v) is 12.7. The Labute approximate surface area is 128 Å². The molecule has 0 atom stereocenters. The first-order valence-electron chi connectivity index (χ1n) is 5.93. The molecular formula is C14H11ClF3NOS. The molecule has 1 aromatic carbocycles. The van der Waals surface area contributed by atoms with Crippen LogP contribution in [0.5, 0.6) is 0 Å². The first-order chi connectivity index (χ1) is 9.68. The summed E-state index contributed by atoms with van der Waals surface area (Å²) in [5.74, 6) is -0.438. The molecule has 0 saturated carbocycles. The molecular weight excluding hydrogens is 323 g/mol. The molecule has 0 aliphatic heterocycles. The van der Waals surface area contributed by atoms with Crippen molar-refractivity contribution in [1.29, 1.82) is 0 Å².